The van der Waals surface area contributed by atoms with Crippen molar-refractivity contribution >= 4 is 54.1 Å². The van der Waals surface area contributed by atoms with Gasteiger partial charge in [-0.2, -0.15) is 0 Å². The normalized spacial score (nSPS) is 11.9. The molecule has 0 aliphatic rings. The van der Waals surface area contributed by atoms with Gasteiger partial charge >= 0.3 is 0 Å². The Labute approximate surface area is 237 Å². The van der Waals surface area contributed by atoms with Crippen LogP contribution < -0.4 is 0 Å². The van der Waals surface area contributed by atoms with E-state index in [0.29, 0.717) is 0 Å². The lowest BCUT2D eigenvalue weighted by Gasteiger charge is -2.17. The van der Waals surface area contributed by atoms with E-state index in [2.05, 4.69) is 156 Å². The fraction of sp³-hybridized carbons (Fsp3) is 0. The number of nitrogens with zero attached hydrogens (tertiary/aromatic N) is 1. The van der Waals surface area contributed by atoms with Crippen LogP contribution in [0.4, 0.5) is 0 Å². The summed E-state index contributed by atoms with van der Waals surface area (Å²) in [6, 6.07) is 55.5. The lowest BCUT2D eigenvalue weighted by atomic mass is 9.87. The predicted molar refractivity (Wildman–Crippen MR) is 175 cm³/mol. The zero-order valence-electron chi connectivity index (χ0n) is 22.4. The van der Waals surface area contributed by atoms with Crippen LogP contribution in [0.2, 0.25) is 0 Å². The second-order valence-electron chi connectivity index (χ2n) is 10.9. The second kappa shape index (κ2) is 8.55. The van der Waals surface area contributed by atoms with E-state index >= 15 is 0 Å². The summed E-state index contributed by atoms with van der Waals surface area (Å²) in [5.74, 6) is 0. The fourth-order valence-corrected chi connectivity index (χ4v) is 6.94. The van der Waals surface area contributed by atoms with Gasteiger partial charge in [0.25, 0.3) is 0 Å². The number of benzene rings is 8. The minimum atomic E-state index is 1.18. The third-order valence-electron chi connectivity index (χ3n) is 8.74. The van der Waals surface area contributed by atoms with Gasteiger partial charge in [-0.3, -0.25) is 0 Å². The highest BCUT2D eigenvalue weighted by molar-refractivity contribution is 6.27. The van der Waals surface area contributed by atoms with Gasteiger partial charge in [0.05, 0.1) is 11.0 Å². The van der Waals surface area contributed by atoms with Crippen LogP contribution in [0.3, 0.4) is 0 Å². The van der Waals surface area contributed by atoms with Gasteiger partial charge in [0.15, 0.2) is 0 Å². The summed E-state index contributed by atoms with van der Waals surface area (Å²) in [6.07, 6.45) is 0. The van der Waals surface area contributed by atoms with Crippen molar-refractivity contribution in [1.82, 2.24) is 4.57 Å². The van der Waals surface area contributed by atoms with E-state index in [1.54, 1.807) is 0 Å². The molecule has 8 aromatic carbocycles. The van der Waals surface area contributed by atoms with Gasteiger partial charge in [0.2, 0.25) is 0 Å². The zero-order chi connectivity index (χ0) is 26.9. The van der Waals surface area contributed by atoms with Crippen LogP contribution in [0.5, 0.6) is 0 Å². The van der Waals surface area contributed by atoms with Crippen molar-refractivity contribution in [1.29, 1.82) is 0 Å². The van der Waals surface area contributed by atoms with Crippen molar-refractivity contribution in [3.05, 3.63) is 152 Å². The molecule has 1 aromatic heterocycles. The molecule has 0 spiro atoms. The maximum Gasteiger partial charge on any atom is 0.0541 e. The van der Waals surface area contributed by atoms with E-state index < -0.39 is 0 Å². The quantitative estimate of drug-likeness (QED) is 0.205. The van der Waals surface area contributed by atoms with Gasteiger partial charge < -0.3 is 4.57 Å². The lowest BCUT2D eigenvalue weighted by molar-refractivity contribution is 1.18. The van der Waals surface area contributed by atoms with Crippen molar-refractivity contribution in [3.63, 3.8) is 0 Å². The largest absolute Gasteiger partial charge is 0.309 e. The molecule has 0 aliphatic heterocycles. The average molecular weight is 520 g/mol. The van der Waals surface area contributed by atoms with Crippen molar-refractivity contribution in [2.24, 2.45) is 0 Å². The molecule has 0 aliphatic carbocycles. The molecule has 0 fully saturated rings. The van der Waals surface area contributed by atoms with Crippen molar-refractivity contribution < 1.29 is 0 Å². The average Bonchev–Trinajstić information content (AvgIpc) is 3.38. The molecule has 1 heterocycles. The molecule has 0 N–H and O–H groups in total. The second-order valence-corrected chi connectivity index (χ2v) is 10.9. The van der Waals surface area contributed by atoms with Crippen molar-refractivity contribution in [2.45, 2.75) is 0 Å². The monoisotopic (exact) mass is 519 g/mol. The third kappa shape index (κ3) is 3.24. The molecule has 0 bridgehead atoms. The topological polar surface area (TPSA) is 4.93 Å². The van der Waals surface area contributed by atoms with Gasteiger partial charge in [0.1, 0.15) is 0 Å². The number of rotatable bonds is 3. The van der Waals surface area contributed by atoms with E-state index in [1.807, 2.05) is 0 Å². The highest BCUT2D eigenvalue weighted by Gasteiger charge is 2.16. The van der Waals surface area contributed by atoms with Crippen LogP contribution in [-0.4, -0.2) is 4.57 Å². The van der Waals surface area contributed by atoms with Gasteiger partial charge in [-0.15, -0.1) is 0 Å². The summed E-state index contributed by atoms with van der Waals surface area (Å²) < 4.78 is 2.40. The first kappa shape index (κ1) is 22.4. The molecule has 0 saturated heterocycles. The van der Waals surface area contributed by atoms with Crippen molar-refractivity contribution in [3.8, 4) is 27.9 Å². The van der Waals surface area contributed by atoms with Crippen LogP contribution in [0, 0.1) is 0 Å². The first-order valence-corrected chi connectivity index (χ1v) is 14.2. The molecule has 0 atom stereocenters. The molecule has 0 amide bonds. The van der Waals surface area contributed by atoms with Gasteiger partial charge in [-0.1, -0.05) is 127 Å². The molecule has 0 saturated carbocycles. The summed E-state index contributed by atoms with van der Waals surface area (Å²) in [6.45, 7) is 0. The molecular weight excluding hydrogens is 494 g/mol. The van der Waals surface area contributed by atoms with Gasteiger partial charge in [-0.05, 0) is 78.8 Å². The van der Waals surface area contributed by atoms with E-state index in [-0.39, 0.29) is 0 Å². The van der Waals surface area contributed by atoms with Gasteiger partial charge in [0, 0.05) is 16.5 Å². The van der Waals surface area contributed by atoms with Crippen LogP contribution in [0.25, 0.3) is 82.1 Å². The number of hydrogen-bond acceptors (Lipinski definition) is 0. The van der Waals surface area contributed by atoms with Crippen molar-refractivity contribution in [2.75, 3.05) is 0 Å². The Morgan fingerprint density at radius 3 is 1.49 bits per heavy atom. The number of para-hydroxylation sites is 2. The molecule has 190 valence electrons. The standard InChI is InChI=1S/C40H25N/c1-2-9-26(10-3-1)31-21-19-27-17-18-28-20-22-32(36-24-23-35(31)39(27)40(28)36)29-11-8-12-30(25-29)41-37-15-6-4-13-33(37)34-14-5-7-16-38(34)41/h1-25H. The van der Waals surface area contributed by atoms with Crippen LogP contribution in [0.15, 0.2) is 152 Å². The lowest BCUT2D eigenvalue weighted by Crippen LogP contribution is -1.94. The highest BCUT2D eigenvalue weighted by Crippen LogP contribution is 2.43. The van der Waals surface area contributed by atoms with Crippen LogP contribution >= 0.6 is 0 Å². The smallest absolute Gasteiger partial charge is 0.0541 e. The van der Waals surface area contributed by atoms with Crippen LogP contribution in [-0.2, 0) is 0 Å². The van der Waals surface area contributed by atoms with Gasteiger partial charge in [-0.25, -0.2) is 0 Å². The molecular formula is C40H25N. The molecule has 9 aromatic rings. The Morgan fingerprint density at radius 2 is 0.854 bits per heavy atom. The number of aromatic nitrogens is 1. The summed E-state index contributed by atoms with van der Waals surface area (Å²) in [5, 5.41) is 10.4. The molecule has 0 unspecified atom stereocenters. The number of hydrogen-bond donors (Lipinski definition) is 0. The summed E-state index contributed by atoms with van der Waals surface area (Å²) >= 11 is 0. The third-order valence-corrected chi connectivity index (χ3v) is 8.74. The first-order valence-electron chi connectivity index (χ1n) is 14.2. The summed E-state index contributed by atoms with van der Waals surface area (Å²) in [4.78, 5) is 0. The Kier molecular flexibility index (Phi) is 4.67. The minimum absolute atomic E-state index is 1.18. The Bertz CT molecular complexity index is 2360. The molecule has 9 rings (SSSR count). The summed E-state index contributed by atoms with van der Waals surface area (Å²) in [5.41, 5.74) is 8.67. The highest BCUT2D eigenvalue weighted by atomic mass is 15.0. The van der Waals surface area contributed by atoms with E-state index in [4.69, 9.17) is 0 Å². The molecule has 41 heavy (non-hydrogen) atoms. The van der Waals surface area contributed by atoms with Crippen LogP contribution in [0.1, 0.15) is 0 Å². The SMILES string of the molecule is c1ccc(-c2ccc3ccc4ccc(-c5cccc(-n6c7ccccc7c7ccccc76)c5)c5ccc2c3c45)cc1. The maximum atomic E-state index is 2.40. The Morgan fingerprint density at radius 1 is 0.341 bits per heavy atom. The van der Waals surface area contributed by atoms with E-state index in [9.17, 15) is 0 Å². The van der Waals surface area contributed by atoms with E-state index in [0.717, 1.165) is 0 Å². The van der Waals surface area contributed by atoms with E-state index in [1.165, 1.54) is 82.1 Å². The predicted octanol–water partition coefficient (Wildman–Crippen LogP) is 11.0. The molecule has 1 nitrogen and oxygen atoms in total. The Balaban J connectivity index is 1.30. The molecule has 1 heteroatoms. The minimum Gasteiger partial charge on any atom is -0.309 e. The fourth-order valence-electron chi connectivity index (χ4n) is 6.94. The number of fused-ring (bicyclic) bond motifs is 3. The first-order chi connectivity index (χ1) is 20.3. The maximum absolute atomic E-state index is 2.40. The zero-order valence-corrected chi connectivity index (χ0v) is 22.4. The Hall–Kier alpha value is -5.40. The summed E-state index contributed by atoms with van der Waals surface area (Å²) in [7, 11) is 0. The molecule has 0 radical (unpaired) electrons.